The monoisotopic (exact) mass is 347 g/mol. The highest BCUT2D eigenvalue weighted by molar-refractivity contribution is 5.81. The molecule has 6 nitrogen and oxygen atoms in total. The second-order valence-electron chi connectivity index (χ2n) is 6.90. The standard InChI is InChI=1S/C19H29N3O3/c1-14(2)20-18(23)13-21-9-11-22(12-10-21)19(24)16(4)25-17-7-5-15(3)6-8-17/h5-8,14,16H,9-13H2,1-4H3,(H,20,23). The number of ether oxygens (including phenoxy) is 1. The molecule has 1 fully saturated rings. The van der Waals surface area contributed by atoms with E-state index in [1.54, 1.807) is 6.92 Å². The van der Waals surface area contributed by atoms with Gasteiger partial charge >= 0.3 is 0 Å². The van der Waals surface area contributed by atoms with Gasteiger partial charge in [-0.1, -0.05) is 17.7 Å². The summed E-state index contributed by atoms with van der Waals surface area (Å²) < 4.78 is 5.75. The molecule has 138 valence electrons. The van der Waals surface area contributed by atoms with Crippen LogP contribution in [-0.2, 0) is 9.59 Å². The molecule has 0 aromatic heterocycles. The summed E-state index contributed by atoms with van der Waals surface area (Å²) in [5.74, 6) is 0.730. The van der Waals surface area contributed by atoms with Crippen molar-refractivity contribution in [3.8, 4) is 5.75 Å². The lowest BCUT2D eigenvalue weighted by Crippen LogP contribution is -2.53. The first kappa shape index (κ1) is 19.2. The molecule has 2 amide bonds. The number of benzene rings is 1. The van der Waals surface area contributed by atoms with Crippen LogP contribution in [0.25, 0.3) is 0 Å². The summed E-state index contributed by atoms with van der Waals surface area (Å²) in [7, 11) is 0. The highest BCUT2D eigenvalue weighted by Crippen LogP contribution is 2.15. The van der Waals surface area contributed by atoms with Crippen LogP contribution in [0.15, 0.2) is 24.3 Å². The molecule has 1 N–H and O–H groups in total. The summed E-state index contributed by atoms with van der Waals surface area (Å²) in [5, 5.41) is 2.89. The molecule has 0 saturated carbocycles. The van der Waals surface area contributed by atoms with E-state index in [1.165, 1.54) is 0 Å². The number of nitrogens with zero attached hydrogens (tertiary/aromatic N) is 2. The van der Waals surface area contributed by atoms with Crippen molar-refractivity contribution >= 4 is 11.8 Å². The van der Waals surface area contributed by atoms with E-state index >= 15 is 0 Å². The lowest BCUT2D eigenvalue weighted by atomic mass is 10.2. The number of amides is 2. The van der Waals surface area contributed by atoms with Crippen molar-refractivity contribution in [1.82, 2.24) is 15.1 Å². The lowest BCUT2D eigenvalue weighted by molar-refractivity contribution is -0.139. The Kier molecular flexibility index (Phi) is 6.82. The second-order valence-corrected chi connectivity index (χ2v) is 6.90. The maximum atomic E-state index is 12.5. The average Bonchev–Trinajstić information content (AvgIpc) is 2.56. The van der Waals surface area contributed by atoms with Gasteiger partial charge in [-0.05, 0) is 39.8 Å². The molecule has 0 aliphatic carbocycles. The van der Waals surface area contributed by atoms with Gasteiger partial charge in [0, 0.05) is 32.2 Å². The maximum Gasteiger partial charge on any atom is 0.263 e. The Morgan fingerprint density at radius 2 is 1.68 bits per heavy atom. The van der Waals surface area contributed by atoms with E-state index in [9.17, 15) is 9.59 Å². The third-order valence-corrected chi connectivity index (χ3v) is 4.18. The van der Waals surface area contributed by atoms with Crippen molar-refractivity contribution in [3.63, 3.8) is 0 Å². The first-order valence-corrected chi connectivity index (χ1v) is 8.89. The van der Waals surface area contributed by atoms with E-state index in [2.05, 4.69) is 10.2 Å². The van der Waals surface area contributed by atoms with Crippen LogP contribution in [0.3, 0.4) is 0 Å². The summed E-state index contributed by atoms with van der Waals surface area (Å²) in [4.78, 5) is 28.3. The van der Waals surface area contributed by atoms with Gasteiger partial charge in [0.2, 0.25) is 5.91 Å². The zero-order valence-electron chi connectivity index (χ0n) is 15.6. The van der Waals surface area contributed by atoms with Gasteiger partial charge in [0.15, 0.2) is 6.10 Å². The van der Waals surface area contributed by atoms with E-state index in [-0.39, 0.29) is 17.9 Å². The molecular formula is C19H29N3O3. The average molecular weight is 347 g/mol. The van der Waals surface area contributed by atoms with Gasteiger partial charge in [-0.3, -0.25) is 14.5 Å². The van der Waals surface area contributed by atoms with Crippen molar-refractivity contribution in [2.75, 3.05) is 32.7 Å². The first-order valence-electron chi connectivity index (χ1n) is 8.89. The normalized spacial score (nSPS) is 16.6. The van der Waals surface area contributed by atoms with Gasteiger partial charge in [-0.2, -0.15) is 0 Å². The number of rotatable bonds is 6. The molecule has 2 rings (SSSR count). The van der Waals surface area contributed by atoms with E-state index in [4.69, 9.17) is 4.74 Å². The molecule has 1 aromatic rings. The zero-order chi connectivity index (χ0) is 18.4. The fourth-order valence-electron chi connectivity index (χ4n) is 2.83. The smallest absolute Gasteiger partial charge is 0.263 e. The minimum absolute atomic E-state index is 0.00754. The van der Waals surface area contributed by atoms with Crippen LogP contribution in [0.4, 0.5) is 0 Å². The molecule has 1 heterocycles. The molecule has 0 bridgehead atoms. The van der Waals surface area contributed by atoms with Crippen molar-refractivity contribution in [2.24, 2.45) is 0 Å². The number of aryl methyl sites for hydroxylation is 1. The molecule has 0 spiro atoms. The molecular weight excluding hydrogens is 318 g/mol. The second kappa shape index (κ2) is 8.85. The fourth-order valence-corrected chi connectivity index (χ4v) is 2.83. The van der Waals surface area contributed by atoms with Crippen LogP contribution in [0.5, 0.6) is 5.75 Å². The number of hydrogen-bond donors (Lipinski definition) is 1. The summed E-state index contributed by atoms with van der Waals surface area (Å²) in [6, 6.07) is 7.84. The maximum absolute atomic E-state index is 12.5. The van der Waals surface area contributed by atoms with Gasteiger partial charge < -0.3 is 15.0 Å². The largest absolute Gasteiger partial charge is 0.481 e. The van der Waals surface area contributed by atoms with Crippen molar-refractivity contribution in [2.45, 2.75) is 39.8 Å². The molecule has 1 aliphatic heterocycles. The van der Waals surface area contributed by atoms with Gasteiger partial charge in [0.25, 0.3) is 5.91 Å². The van der Waals surface area contributed by atoms with E-state index in [1.807, 2.05) is 49.9 Å². The van der Waals surface area contributed by atoms with Crippen molar-refractivity contribution in [1.29, 1.82) is 0 Å². The minimum atomic E-state index is -0.515. The van der Waals surface area contributed by atoms with Crippen LogP contribution in [-0.4, -0.2) is 66.5 Å². The summed E-state index contributed by atoms with van der Waals surface area (Å²) >= 11 is 0. The van der Waals surface area contributed by atoms with Crippen LogP contribution < -0.4 is 10.1 Å². The number of carbonyl (C=O) groups is 2. The Hall–Kier alpha value is -2.08. The molecule has 1 atom stereocenters. The molecule has 1 aromatic carbocycles. The van der Waals surface area contributed by atoms with Crippen molar-refractivity contribution < 1.29 is 14.3 Å². The summed E-state index contributed by atoms with van der Waals surface area (Å²) in [6.07, 6.45) is -0.515. The van der Waals surface area contributed by atoms with Crippen LogP contribution in [0.1, 0.15) is 26.3 Å². The van der Waals surface area contributed by atoms with Crippen LogP contribution >= 0.6 is 0 Å². The molecule has 1 unspecified atom stereocenters. The van der Waals surface area contributed by atoms with Crippen LogP contribution in [0.2, 0.25) is 0 Å². The van der Waals surface area contributed by atoms with E-state index in [0.29, 0.717) is 38.5 Å². The molecule has 25 heavy (non-hydrogen) atoms. The van der Waals surface area contributed by atoms with Crippen LogP contribution in [0, 0.1) is 6.92 Å². The Bertz CT molecular complexity index is 578. The Morgan fingerprint density at radius 3 is 2.24 bits per heavy atom. The number of carbonyl (C=O) groups excluding carboxylic acids is 2. The third-order valence-electron chi connectivity index (χ3n) is 4.18. The number of hydrogen-bond acceptors (Lipinski definition) is 4. The SMILES string of the molecule is Cc1ccc(OC(C)C(=O)N2CCN(CC(=O)NC(C)C)CC2)cc1. The van der Waals surface area contributed by atoms with E-state index < -0.39 is 6.10 Å². The highest BCUT2D eigenvalue weighted by atomic mass is 16.5. The number of piperazine rings is 1. The van der Waals surface area contributed by atoms with Gasteiger partial charge in [-0.25, -0.2) is 0 Å². The molecule has 1 saturated heterocycles. The third kappa shape index (κ3) is 6.05. The Morgan fingerprint density at radius 1 is 1.08 bits per heavy atom. The molecule has 6 heteroatoms. The minimum Gasteiger partial charge on any atom is -0.481 e. The van der Waals surface area contributed by atoms with Gasteiger partial charge in [0.05, 0.1) is 6.54 Å². The van der Waals surface area contributed by atoms with Gasteiger partial charge in [0.1, 0.15) is 5.75 Å². The van der Waals surface area contributed by atoms with Gasteiger partial charge in [-0.15, -0.1) is 0 Å². The summed E-state index contributed by atoms with van der Waals surface area (Å²) in [5.41, 5.74) is 1.16. The predicted molar refractivity (Wildman–Crippen MR) is 97.6 cm³/mol. The molecule has 1 aliphatic rings. The zero-order valence-corrected chi connectivity index (χ0v) is 15.6. The van der Waals surface area contributed by atoms with E-state index in [0.717, 1.165) is 5.56 Å². The quantitative estimate of drug-likeness (QED) is 0.846. The first-order chi connectivity index (χ1) is 11.8. The Labute approximate surface area is 150 Å². The highest BCUT2D eigenvalue weighted by Gasteiger charge is 2.26. The van der Waals surface area contributed by atoms with Crippen molar-refractivity contribution in [3.05, 3.63) is 29.8 Å². The Balaban J connectivity index is 1.78. The molecule has 0 radical (unpaired) electrons. The topological polar surface area (TPSA) is 61.9 Å². The fraction of sp³-hybridized carbons (Fsp3) is 0.579. The summed E-state index contributed by atoms with van der Waals surface area (Å²) in [6.45, 7) is 10.7. The lowest BCUT2D eigenvalue weighted by Gasteiger charge is -2.35. The predicted octanol–water partition coefficient (Wildman–Crippen LogP) is 1.43. The number of nitrogens with one attached hydrogen (secondary N) is 1.